The van der Waals surface area contributed by atoms with Crippen molar-refractivity contribution in [1.29, 1.82) is 0 Å². The number of aromatic nitrogens is 2. The molecule has 84 valence electrons. The molecule has 0 radical (unpaired) electrons. The molecule has 15 heavy (non-hydrogen) atoms. The summed E-state index contributed by atoms with van der Waals surface area (Å²) in [5.41, 5.74) is 5.62. The van der Waals surface area contributed by atoms with Gasteiger partial charge < -0.3 is 20.2 Å². The minimum Gasteiger partial charge on any atom is -0.406 e. The van der Waals surface area contributed by atoms with Gasteiger partial charge in [-0.3, -0.25) is 0 Å². The average Bonchev–Trinajstić information content (AvgIpc) is 2.86. The Labute approximate surface area is 88.1 Å². The maximum atomic E-state index is 9.01. The standard InChI is InChI=1S/C9H16N4O2/c1-6(10)8-11-12-9(15-8)13-3-2-7(4-13)5-14/h6-7,14H,2-5,10H2,1H3. The first-order valence-corrected chi connectivity index (χ1v) is 5.15. The molecule has 1 saturated heterocycles. The van der Waals surface area contributed by atoms with Crippen LogP contribution in [-0.2, 0) is 0 Å². The average molecular weight is 212 g/mol. The fraction of sp³-hybridized carbons (Fsp3) is 0.778. The largest absolute Gasteiger partial charge is 0.406 e. The van der Waals surface area contributed by atoms with Crippen LogP contribution in [0.25, 0.3) is 0 Å². The smallest absolute Gasteiger partial charge is 0.318 e. The van der Waals surface area contributed by atoms with E-state index < -0.39 is 0 Å². The van der Waals surface area contributed by atoms with Gasteiger partial charge in [0.05, 0.1) is 6.04 Å². The molecule has 0 aromatic carbocycles. The van der Waals surface area contributed by atoms with Crippen molar-refractivity contribution in [1.82, 2.24) is 10.2 Å². The van der Waals surface area contributed by atoms with Gasteiger partial charge in [-0.2, -0.15) is 0 Å². The molecule has 1 aromatic heterocycles. The van der Waals surface area contributed by atoms with Crippen molar-refractivity contribution in [3.8, 4) is 0 Å². The van der Waals surface area contributed by atoms with E-state index in [1.54, 1.807) is 6.92 Å². The minimum absolute atomic E-state index is 0.213. The summed E-state index contributed by atoms with van der Waals surface area (Å²) in [5.74, 6) is 0.771. The predicted molar refractivity (Wildman–Crippen MR) is 54.3 cm³/mol. The summed E-state index contributed by atoms with van der Waals surface area (Å²) in [6, 6.07) is 0.278. The molecule has 6 heteroatoms. The molecule has 0 bridgehead atoms. The topological polar surface area (TPSA) is 88.4 Å². The third-order valence-electron chi connectivity index (χ3n) is 2.63. The number of aliphatic hydroxyl groups is 1. The third-order valence-corrected chi connectivity index (χ3v) is 2.63. The highest BCUT2D eigenvalue weighted by atomic mass is 16.4. The fourth-order valence-electron chi connectivity index (χ4n) is 1.69. The summed E-state index contributed by atoms with van der Waals surface area (Å²) >= 11 is 0. The normalized spacial score (nSPS) is 23.4. The molecule has 3 N–H and O–H groups in total. The first kappa shape index (κ1) is 10.4. The van der Waals surface area contributed by atoms with Crippen molar-refractivity contribution in [2.24, 2.45) is 11.7 Å². The van der Waals surface area contributed by atoms with Crippen LogP contribution in [0, 0.1) is 5.92 Å². The molecular formula is C9H16N4O2. The van der Waals surface area contributed by atoms with Crippen LogP contribution in [0.1, 0.15) is 25.3 Å². The maximum Gasteiger partial charge on any atom is 0.318 e. The van der Waals surface area contributed by atoms with Gasteiger partial charge in [0.1, 0.15) is 0 Å². The van der Waals surface area contributed by atoms with Crippen molar-refractivity contribution >= 4 is 6.01 Å². The highest BCUT2D eigenvalue weighted by molar-refractivity contribution is 5.26. The molecule has 1 aliphatic rings. The molecule has 0 saturated carbocycles. The number of hydrogen-bond acceptors (Lipinski definition) is 6. The summed E-state index contributed by atoms with van der Waals surface area (Å²) < 4.78 is 5.42. The highest BCUT2D eigenvalue weighted by Crippen LogP contribution is 2.23. The lowest BCUT2D eigenvalue weighted by atomic mass is 10.1. The zero-order valence-electron chi connectivity index (χ0n) is 8.76. The van der Waals surface area contributed by atoms with E-state index >= 15 is 0 Å². The van der Waals surface area contributed by atoms with E-state index in [1.807, 2.05) is 4.90 Å². The van der Waals surface area contributed by atoms with E-state index in [-0.39, 0.29) is 12.6 Å². The fourth-order valence-corrected chi connectivity index (χ4v) is 1.69. The zero-order valence-corrected chi connectivity index (χ0v) is 8.76. The maximum absolute atomic E-state index is 9.01. The predicted octanol–water partition coefficient (Wildman–Crippen LogP) is -0.0921. The van der Waals surface area contributed by atoms with Gasteiger partial charge in [0, 0.05) is 25.6 Å². The number of nitrogens with two attached hydrogens (primary N) is 1. The molecule has 2 heterocycles. The number of hydrogen-bond donors (Lipinski definition) is 2. The van der Waals surface area contributed by atoms with Crippen LogP contribution in [0.3, 0.4) is 0 Å². The Bertz CT molecular complexity index is 326. The van der Waals surface area contributed by atoms with Crippen molar-refractivity contribution in [2.75, 3.05) is 24.6 Å². The molecule has 2 unspecified atom stereocenters. The van der Waals surface area contributed by atoms with Crippen LogP contribution in [-0.4, -0.2) is 35.0 Å². The zero-order chi connectivity index (χ0) is 10.8. The van der Waals surface area contributed by atoms with Crippen molar-refractivity contribution < 1.29 is 9.52 Å². The van der Waals surface area contributed by atoms with Gasteiger partial charge in [-0.15, -0.1) is 5.10 Å². The Morgan fingerprint density at radius 2 is 2.47 bits per heavy atom. The lowest BCUT2D eigenvalue weighted by molar-refractivity contribution is 0.238. The van der Waals surface area contributed by atoms with Gasteiger partial charge in [0.25, 0.3) is 0 Å². The summed E-state index contributed by atoms with van der Waals surface area (Å²) in [6.07, 6.45) is 0.965. The van der Waals surface area contributed by atoms with Crippen molar-refractivity contribution in [2.45, 2.75) is 19.4 Å². The van der Waals surface area contributed by atoms with Crippen molar-refractivity contribution in [3.63, 3.8) is 0 Å². The van der Waals surface area contributed by atoms with Crippen LogP contribution in [0.2, 0.25) is 0 Å². The van der Waals surface area contributed by atoms with Crippen molar-refractivity contribution in [3.05, 3.63) is 5.89 Å². The lowest BCUT2D eigenvalue weighted by Gasteiger charge is -2.11. The third kappa shape index (κ3) is 2.10. The first-order valence-electron chi connectivity index (χ1n) is 5.15. The number of nitrogens with zero attached hydrogens (tertiary/aromatic N) is 3. The first-order chi connectivity index (χ1) is 7.20. The number of aliphatic hydroxyl groups excluding tert-OH is 1. The Hall–Kier alpha value is -1.14. The van der Waals surface area contributed by atoms with E-state index in [0.717, 1.165) is 19.5 Å². The lowest BCUT2D eigenvalue weighted by Crippen LogP contribution is -2.20. The van der Waals surface area contributed by atoms with Gasteiger partial charge in [0.2, 0.25) is 5.89 Å². The van der Waals surface area contributed by atoms with Crippen LogP contribution in [0.4, 0.5) is 6.01 Å². The second kappa shape index (κ2) is 4.16. The summed E-state index contributed by atoms with van der Waals surface area (Å²) in [6.45, 7) is 3.64. The number of anilines is 1. The van der Waals surface area contributed by atoms with Gasteiger partial charge in [-0.05, 0) is 13.3 Å². The molecule has 1 fully saturated rings. The van der Waals surface area contributed by atoms with Gasteiger partial charge in [-0.1, -0.05) is 5.10 Å². The molecule has 1 aliphatic heterocycles. The monoisotopic (exact) mass is 212 g/mol. The van der Waals surface area contributed by atoms with E-state index in [1.165, 1.54) is 0 Å². The Morgan fingerprint density at radius 1 is 1.67 bits per heavy atom. The second-order valence-corrected chi connectivity index (χ2v) is 3.99. The van der Waals surface area contributed by atoms with Gasteiger partial charge in [-0.25, -0.2) is 0 Å². The molecule has 0 aliphatic carbocycles. The Balaban J connectivity index is 2.04. The molecule has 0 amide bonds. The molecule has 0 spiro atoms. The molecule has 2 rings (SSSR count). The van der Waals surface area contributed by atoms with Crippen LogP contribution in [0.5, 0.6) is 0 Å². The van der Waals surface area contributed by atoms with Crippen LogP contribution in [0.15, 0.2) is 4.42 Å². The molecule has 6 nitrogen and oxygen atoms in total. The summed E-state index contributed by atoms with van der Waals surface area (Å²) in [4.78, 5) is 1.99. The summed E-state index contributed by atoms with van der Waals surface area (Å²) in [5, 5.41) is 16.8. The summed E-state index contributed by atoms with van der Waals surface area (Å²) in [7, 11) is 0. The van der Waals surface area contributed by atoms with E-state index in [0.29, 0.717) is 17.8 Å². The van der Waals surface area contributed by atoms with E-state index in [2.05, 4.69) is 10.2 Å². The Morgan fingerprint density at radius 3 is 3.00 bits per heavy atom. The quantitative estimate of drug-likeness (QED) is 0.727. The Kier molecular flexibility index (Phi) is 2.88. The minimum atomic E-state index is -0.234. The van der Waals surface area contributed by atoms with E-state index in [4.69, 9.17) is 15.3 Å². The van der Waals surface area contributed by atoms with Crippen LogP contribution >= 0.6 is 0 Å². The van der Waals surface area contributed by atoms with Crippen LogP contribution < -0.4 is 10.6 Å². The SMILES string of the molecule is CC(N)c1nnc(N2CCC(CO)C2)o1. The van der Waals surface area contributed by atoms with E-state index in [9.17, 15) is 0 Å². The van der Waals surface area contributed by atoms with Gasteiger partial charge in [0.15, 0.2) is 0 Å². The second-order valence-electron chi connectivity index (χ2n) is 3.99. The number of rotatable bonds is 3. The molecule has 2 atom stereocenters. The molecular weight excluding hydrogens is 196 g/mol. The highest BCUT2D eigenvalue weighted by Gasteiger charge is 2.25. The van der Waals surface area contributed by atoms with Gasteiger partial charge >= 0.3 is 6.01 Å². The molecule has 1 aromatic rings.